The molecule has 2 N–H and O–H groups in total. The minimum atomic E-state index is -0.271. The minimum Gasteiger partial charge on any atom is -0.351 e. The van der Waals surface area contributed by atoms with Crippen LogP contribution in [0.25, 0.3) is 0 Å². The third-order valence-electron chi connectivity index (χ3n) is 2.09. The Labute approximate surface area is 61.2 Å². The van der Waals surface area contributed by atoms with Gasteiger partial charge in [0.1, 0.15) is 0 Å². The molecule has 1 aliphatic rings. The lowest BCUT2D eigenvalue weighted by atomic mass is 10.0. The maximum absolute atomic E-state index is 10.7. The van der Waals surface area contributed by atoms with Gasteiger partial charge >= 0.3 is 6.03 Å². The monoisotopic (exact) mass is 142 g/mol. The molecule has 0 saturated carbocycles. The summed E-state index contributed by atoms with van der Waals surface area (Å²) >= 11 is 0. The highest BCUT2D eigenvalue weighted by Crippen LogP contribution is 2.15. The lowest BCUT2D eigenvalue weighted by molar-refractivity contribution is 0.167. The van der Waals surface area contributed by atoms with Crippen LogP contribution in [0.2, 0.25) is 0 Å². The highest BCUT2D eigenvalue weighted by Gasteiger charge is 2.20. The first-order valence-corrected chi connectivity index (χ1v) is 3.78. The predicted octanol–water partition coefficient (Wildman–Crippen LogP) is 0.940. The quantitative estimate of drug-likeness (QED) is 0.537. The van der Waals surface area contributed by atoms with Crippen LogP contribution in [0.5, 0.6) is 0 Å². The Bertz CT molecular complexity index is 136. The molecule has 0 bridgehead atoms. The van der Waals surface area contributed by atoms with Gasteiger partial charge in [0.2, 0.25) is 0 Å². The molecule has 2 amide bonds. The second-order valence-corrected chi connectivity index (χ2v) is 2.88. The van der Waals surface area contributed by atoms with Crippen LogP contribution in [0, 0.1) is 0 Å². The standard InChI is InChI=1S/C7H14N2O/c1-6-4-2-3-5-9(6)7(8)10/h6H,2-5H2,1H3,(H2,8,10). The summed E-state index contributed by atoms with van der Waals surface area (Å²) in [5, 5.41) is 0. The highest BCUT2D eigenvalue weighted by molar-refractivity contribution is 5.72. The number of amides is 2. The Kier molecular flexibility index (Phi) is 2.14. The summed E-state index contributed by atoms with van der Waals surface area (Å²) in [6.07, 6.45) is 3.43. The molecule has 1 rings (SSSR count). The van der Waals surface area contributed by atoms with E-state index in [-0.39, 0.29) is 6.03 Å². The minimum absolute atomic E-state index is 0.271. The first-order chi connectivity index (χ1) is 4.72. The van der Waals surface area contributed by atoms with Crippen molar-refractivity contribution in [1.29, 1.82) is 0 Å². The van der Waals surface area contributed by atoms with Crippen molar-refractivity contribution in [2.24, 2.45) is 5.73 Å². The summed E-state index contributed by atoms with van der Waals surface area (Å²) in [5.41, 5.74) is 5.14. The second kappa shape index (κ2) is 2.90. The van der Waals surface area contributed by atoms with Crippen LogP contribution in [0.1, 0.15) is 26.2 Å². The molecular weight excluding hydrogens is 128 g/mol. The SMILES string of the molecule is CC1CCCCN1C(N)=O. The van der Waals surface area contributed by atoms with Gasteiger partial charge in [-0.25, -0.2) is 4.79 Å². The summed E-state index contributed by atoms with van der Waals surface area (Å²) in [7, 11) is 0. The molecule has 0 aromatic heterocycles. The van der Waals surface area contributed by atoms with Crippen molar-refractivity contribution in [3.05, 3.63) is 0 Å². The Morgan fingerprint density at radius 3 is 2.70 bits per heavy atom. The molecule has 0 aromatic rings. The number of nitrogens with two attached hydrogens (primary N) is 1. The van der Waals surface area contributed by atoms with E-state index >= 15 is 0 Å². The van der Waals surface area contributed by atoms with Crippen molar-refractivity contribution in [3.8, 4) is 0 Å². The lowest BCUT2D eigenvalue weighted by Crippen LogP contribution is -2.44. The zero-order valence-electron chi connectivity index (χ0n) is 6.34. The predicted molar refractivity (Wildman–Crippen MR) is 39.6 cm³/mol. The number of piperidine rings is 1. The number of urea groups is 1. The lowest BCUT2D eigenvalue weighted by Gasteiger charge is -2.31. The van der Waals surface area contributed by atoms with E-state index in [4.69, 9.17) is 5.73 Å². The molecule has 10 heavy (non-hydrogen) atoms. The number of nitrogens with zero attached hydrogens (tertiary/aromatic N) is 1. The Morgan fingerprint density at radius 1 is 1.60 bits per heavy atom. The van der Waals surface area contributed by atoms with Gasteiger partial charge in [0, 0.05) is 12.6 Å². The first kappa shape index (κ1) is 7.38. The fourth-order valence-electron chi connectivity index (χ4n) is 1.43. The van der Waals surface area contributed by atoms with Crippen molar-refractivity contribution in [2.75, 3.05) is 6.54 Å². The number of likely N-dealkylation sites (tertiary alicyclic amines) is 1. The van der Waals surface area contributed by atoms with Crippen LogP contribution in [0.15, 0.2) is 0 Å². The fourth-order valence-corrected chi connectivity index (χ4v) is 1.43. The van der Waals surface area contributed by atoms with Crippen LogP contribution >= 0.6 is 0 Å². The average molecular weight is 142 g/mol. The molecule has 3 heteroatoms. The van der Waals surface area contributed by atoms with Crippen LogP contribution < -0.4 is 5.73 Å². The van der Waals surface area contributed by atoms with E-state index < -0.39 is 0 Å². The van der Waals surface area contributed by atoms with Crippen molar-refractivity contribution in [2.45, 2.75) is 32.2 Å². The van der Waals surface area contributed by atoms with Gasteiger partial charge in [0.05, 0.1) is 0 Å². The van der Waals surface area contributed by atoms with Crippen molar-refractivity contribution < 1.29 is 4.79 Å². The third-order valence-corrected chi connectivity index (χ3v) is 2.09. The molecule has 0 aromatic carbocycles. The number of primary amides is 1. The molecule has 0 aliphatic carbocycles. The Balaban J connectivity index is 2.47. The molecule has 1 atom stereocenters. The molecule has 1 unspecified atom stereocenters. The molecule has 1 aliphatic heterocycles. The second-order valence-electron chi connectivity index (χ2n) is 2.88. The van der Waals surface area contributed by atoms with E-state index in [9.17, 15) is 4.79 Å². The largest absolute Gasteiger partial charge is 0.351 e. The van der Waals surface area contributed by atoms with Crippen molar-refractivity contribution in [1.82, 2.24) is 4.90 Å². The smallest absolute Gasteiger partial charge is 0.315 e. The summed E-state index contributed by atoms with van der Waals surface area (Å²) in [6.45, 7) is 2.89. The van der Waals surface area contributed by atoms with Gasteiger partial charge in [0.25, 0.3) is 0 Å². The van der Waals surface area contributed by atoms with Crippen molar-refractivity contribution >= 4 is 6.03 Å². The van der Waals surface area contributed by atoms with E-state index in [1.165, 1.54) is 6.42 Å². The molecule has 1 saturated heterocycles. The normalized spacial score (nSPS) is 26.5. The third kappa shape index (κ3) is 1.40. The molecule has 0 spiro atoms. The number of hydrogen-bond acceptors (Lipinski definition) is 1. The van der Waals surface area contributed by atoms with E-state index in [1.54, 1.807) is 4.90 Å². The number of carbonyl (C=O) groups excluding carboxylic acids is 1. The van der Waals surface area contributed by atoms with Gasteiger partial charge in [-0.05, 0) is 26.2 Å². The van der Waals surface area contributed by atoms with Crippen molar-refractivity contribution in [3.63, 3.8) is 0 Å². The van der Waals surface area contributed by atoms with Gasteiger partial charge in [-0.3, -0.25) is 0 Å². The van der Waals surface area contributed by atoms with Crippen LogP contribution in [-0.2, 0) is 0 Å². The Morgan fingerprint density at radius 2 is 2.30 bits per heavy atom. The molecule has 0 radical (unpaired) electrons. The zero-order valence-corrected chi connectivity index (χ0v) is 6.34. The Hall–Kier alpha value is -0.730. The number of hydrogen-bond donors (Lipinski definition) is 1. The molecule has 1 heterocycles. The summed E-state index contributed by atoms with van der Waals surface area (Å²) in [5.74, 6) is 0. The first-order valence-electron chi connectivity index (χ1n) is 3.78. The molecule has 3 nitrogen and oxygen atoms in total. The molecule has 1 fully saturated rings. The van der Waals surface area contributed by atoms with Crippen LogP contribution in [0.4, 0.5) is 4.79 Å². The number of carbonyl (C=O) groups is 1. The van der Waals surface area contributed by atoms with E-state index in [0.29, 0.717) is 6.04 Å². The topological polar surface area (TPSA) is 46.3 Å². The number of rotatable bonds is 0. The summed E-state index contributed by atoms with van der Waals surface area (Å²) in [6, 6.07) is 0.0819. The van der Waals surface area contributed by atoms with Gasteiger partial charge < -0.3 is 10.6 Å². The maximum Gasteiger partial charge on any atom is 0.315 e. The summed E-state index contributed by atoms with van der Waals surface area (Å²) in [4.78, 5) is 12.5. The van der Waals surface area contributed by atoms with Gasteiger partial charge in [-0.15, -0.1) is 0 Å². The van der Waals surface area contributed by atoms with Gasteiger partial charge in [0.15, 0.2) is 0 Å². The van der Waals surface area contributed by atoms with Crippen LogP contribution in [0.3, 0.4) is 0 Å². The summed E-state index contributed by atoms with van der Waals surface area (Å²) < 4.78 is 0. The van der Waals surface area contributed by atoms with Gasteiger partial charge in [-0.2, -0.15) is 0 Å². The maximum atomic E-state index is 10.7. The fraction of sp³-hybridized carbons (Fsp3) is 0.857. The zero-order chi connectivity index (χ0) is 7.56. The average Bonchev–Trinajstić information content (AvgIpc) is 1.88. The molecular formula is C7H14N2O. The van der Waals surface area contributed by atoms with Gasteiger partial charge in [-0.1, -0.05) is 0 Å². The van der Waals surface area contributed by atoms with Crippen LogP contribution in [-0.4, -0.2) is 23.5 Å². The van der Waals surface area contributed by atoms with E-state index in [2.05, 4.69) is 0 Å². The van der Waals surface area contributed by atoms with E-state index in [0.717, 1.165) is 19.4 Å². The molecule has 58 valence electrons. The highest BCUT2D eigenvalue weighted by atomic mass is 16.2. The van der Waals surface area contributed by atoms with E-state index in [1.807, 2.05) is 6.92 Å².